The largest absolute Gasteiger partial charge is 0.470 e. The Bertz CT molecular complexity index is 705. The number of piperidine rings is 1. The summed E-state index contributed by atoms with van der Waals surface area (Å²) in [5.41, 5.74) is 0.558. The van der Waals surface area contributed by atoms with E-state index in [-0.39, 0.29) is 6.09 Å². The number of aromatic nitrogens is 1. The molecule has 1 saturated heterocycles. The van der Waals surface area contributed by atoms with Gasteiger partial charge in [-0.3, -0.25) is 0 Å². The van der Waals surface area contributed by atoms with E-state index in [9.17, 15) is 4.79 Å². The van der Waals surface area contributed by atoms with Crippen molar-refractivity contribution in [1.82, 2.24) is 9.88 Å². The second-order valence-corrected chi connectivity index (χ2v) is 8.87. The Kier molecular flexibility index (Phi) is 6.01. The zero-order valence-electron chi connectivity index (χ0n) is 15.9. The van der Waals surface area contributed by atoms with Crippen LogP contribution in [0.3, 0.4) is 0 Å². The minimum atomic E-state index is -0.435. The van der Waals surface area contributed by atoms with E-state index in [1.165, 1.54) is 6.42 Å². The smallest absolute Gasteiger partial charge is 0.410 e. The van der Waals surface area contributed by atoms with Crippen molar-refractivity contribution in [3.05, 3.63) is 24.3 Å². The Hall–Kier alpha value is -1.82. The van der Waals surface area contributed by atoms with Gasteiger partial charge in [0, 0.05) is 13.1 Å². The molecule has 1 atom stereocenters. The van der Waals surface area contributed by atoms with Gasteiger partial charge >= 0.3 is 6.09 Å². The van der Waals surface area contributed by atoms with E-state index < -0.39 is 5.60 Å². The van der Waals surface area contributed by atoms with Crippen molar-refractivity contribution in [1.29, 1.82) is 0 Å². The predicted molar refractivity (Wildman–Crippen MR) is 105 cm³/mol. The molecular weight excluding hydrogens is 348 g/mol. The number of amides is 1. The van der Waals surface area contributed by atoms with Gasteiger partial charge in [0.1, 0.15) is 5.60 Å². The Morgan fingerprint density at radius 3 is 2.92 bits per heavy atom. The van der Waals surface area contributed by atoms with Gasteiger partial charge in [0.2, 0.25) is 0 Å². The minimum absolute atomic E-state index is 0.187. The first-order valence-corrected chi connectivity index (χ1v) is 10.2. The van der Waals surface area contributed by atoms with E-state index in [0.717, 1.165) is 47.8 Å². The van der Waals surface area contributed by atoms with Gasteiger partial charge in [-0.2, -0.15) is 0 Å². The normalized spacial score (nSPS) is 18.1. The van der Waals surface area contributed by atoms with Crippen molar-refractivity contribution in [3.63, 3.8) is 0 Å². The van der Waals surface area contributed by atoms with Crippen LogP contribution in [0.15, 0.2) is 24.3 Å². The molecule has 3 rings (SSSR count). The number of fused-ring (bicyclic) bond motifs is 1. The highest BCUT2D eigenvalue weighted by atomic mass is 32.1. The molecule has 1 aliphatic heterocycles. The van der Waals surface area contributed by atoms with Crippen molar-refractivity contribution >= 4 is 27.6 Å². The maximum atomic E-state index is 12.2. The first-order chi connectivity index (χ1) is 12.4. The van der Waals surface area contributed by atoms with Gasteiger partial charge in [-0.05, 0) is 64.5 Å². The molecule has 6 heteroatoms. The highest BCUT2D eigenvalue weighted by molar-refractivity contribution is 7.20. The van der Waals surface area contributed by atoms with Crippen LogP contribution >= 0.6 is 11.3 Å². The molecule has 0 radical (unpaired) electrons. The lowest BCUT2D eigenvalue weighted by Crippen LogP contribution is -2.42. The number of benzene rings is 1. The number of carbonyl (C=O) groups excluding carboxylic acids is 1. The molecule has 1 aromatic carbocycles. The van der Waals surface area contributed by atoms with Gasteiger partial charge in [-0.1, -0.05) is 23.5 Å². The molecular formula is C20H28N2O3S. The number of thiazole rings is 1. The second-order valence-electron chi connectivity index (χ2n) is 7.87. The SMILES string of the molecule is CC(C)(C)OC(=O)N1CCC[C@@H](CCCOc2nc3ccccc3s2)C1. The number of rotatable bonds is 5. The maximum absolute atomic E-state index is 12.2. The van der Waals surface area contributed by atoms with Crippen LogP contribution < -0.4 is 4.74 Å². The van der Waals surface area contributed by atoms with Crippen LogP contribution in [-0.2, 0) is 4.74 Å². The summed E-state index contributed by atoms with van der Waals surface area (Å²) in [7, 11) is 0. The Morgan fingerprint density at radius 2 is 2.15 bits per heavy atom. The topological polar surface area (TPSA) is 51.7 Å². The van der Waals surface area contributed by atoms with Gasteiger partial charge < -0.3 is 14.4 Å². The predicted octanol–water partition coefficient (Wildman–Crippen LogP) is 5.10. The lowest BCUT2D eigenvalue weighted by molar-refractivity contribution is 0.0159. The molecule has 0 aliphatic carbocycles. The fraction of sp³-hybridized carbons (Fsp3) is 0.600. The van der Waals surface area contributed by atoms with Crippen molar-refractivity contribution in [2.75, 3.05) is 19.7 Å². The first kappa shape index (κ1) is 19.0. The van der Waals surface area contributed by atoms with Crippen molar-refractivity contribution in [2.24, 2.45) is 5.92 Å². The van der Waals surface area contributed by atoms with Crippen LogP contribution in [0.2, 0.25) is 0 Å². The zero-order valence-corrected chi connectivity index (χ0v) is 16.7. The summed E-state index contributed by atoms with van der Waals surface area (Å²) in [6.07, 6.45) is 4.06. The summed E-state index contributed by atoms with van der Waals surface area (Å²) >= 11 is 1.59. The van der Waals surface area contributed by atoms with E-state index in [1.54, 1.807) is 11.3 Å². The molecule has 0 N–H and O–H groups in total. The quantitative estimate of drug-likeness (QED) is 0.681. The highest BCUT2D eigenvalue weighted by Gasteiger charge is 2.27. The molecule has 0 saturated carbocycles. The van der Waals surface area contributed by atoms with E-state index in [4.69, 9.17) is 9.47 Å². The van der Waals surface area contributed by atoms with Crippen LogP contribution in [0, 0.1) is 5.92 Å². The standard InChI is InChI=1S/C20H28N2O3S/c1-20(2,3)25-19(23)22-12-6-8-15(14-22)9-7-13-24-18-21-16-10-4-5-11-17(16)26-18/h4-5,10-11,15H,6-9,12-14H2,1-3H3/t15-/m0/s1. The molecule has 1 aromatic heterocycles. The molecule has 1 fully saturated rings. The summed E-state index contributed by atoms with van der Waals surface area (Å²) in [6, 6.07) is 8.08. The third-order valence-corrected chi connectivity index (χ3v) is 5.38. The number of para-hydroxylation sites is 1. The van der Waals surface area contributed by atoms with Crippen LogP contribution in [0.4, 0.5) is 4.79 Å². The van der Waals surface area contributed by atoms with E-state index in [0.29, 0.717) is 12.5 Å². The van der Waals surface area contributed by atoms with E-state index in [2.05, 4.69) is 11.1 Å². The van der Waals surface area contributed by atoms with Gasteiger partial charge in [-0.25, -0.2) is 9.78 Å². The fourth-order valence-electron chi connectivity index (χ4n) is 3.24. The van der Waals surface area contributed by atoms with Gasteiger partial charge in [0.05, 0.1) is 16.8 Å². The average molecular weight is 377 g/mol. The molecule has 142 valence electrons. The molecule has 2 aromatic rings. The second kappa shape index (κ2) is 8.25. The number of nitrogens with zero attached hydrogens (tertiary/aromatic N) is 2. The molecule has 5 nitrogen and oxygen atoms in total. The minimum Gasteiger partial charge on any atom is -0.470 e. The number of ether oxygens (including phenoxy) is 2. The summed E-state index contributed by atoms with van der Waals surface area (Å²) < 4.78 is 12.5. The van der Waals surface area contributed by atoms with Crippen molar-refractivity contribution in [2.45, 2.75) is 52.1 Å². The van der Waals surface area contributed by atoms with Gasteiger partial charge in [-0.15, -0.1) is 0 Å². The summed E-state index contributed by atoms with van der Waals surface area (Å²) in [5, 5.41) is 0.741. The molecule has 0 spiro atoms. The van der Waals surface area contributed by atoms with Gasteiger partial charge in [0.25, 0.3) is 5.19 Å². The van der Waals surface area contributed by atoms with E-state index >= 15 is 0 Å². The lowest BCUT2D eigenvalue weighted by Gasteiger charge is -2.34. The van der Waals surface area contributed by atoms with Crippen LogP contribution in [0.5, 0.6) is 5.19 Å². The third kappa shape index (κ3) is 5.34. The van der Waals surface area contributed by atoms with Crippen LogP contribution in [0.25, 0.3) is 10.2 Å². The third-order valence-electron chi connectivity index (χ3n) is 4.43. The lowest BCUT2D eigenvalue weighted by atomic mass is 9.94. The zero-order chi connectivity index (χ0) is 18.6. The molecule has 0 unspecified atom stereocenters. The molecule has 26 heavy (non-hydrogen) atoms. The first-order valence-electron chi connectivity index (χ1n) is 9.37. The van der Waals surface area contributed by atoms with E-state index in [1.807, 2.05) is 43.9 Å². The highest BCUT2D eigenvalue weighted by Crippen LogP contribution is 2.28. The molecule has 1 aliphatic rings. The van der Waals surface area contributed by atoms with Crippen LogP contribution in [-0.4, -0.2) is 41.3 Å². The number of hydrogen-bond donors (Lipinski definition) is 0. The average Bonchev–Trinajstić information content (AvgIpc) is 3.00. The maximum Gasteiger partial charge on any atom is 0.410 e. The number of hydrogen-bond acceptors (Lipinski definition) is 5. The molecule has 0 bridgehead atoms. The molecule has 1 amide bonds. The van der Waals surface area contributed by atoms with Crippen molar-refractivity contribution < 1.29 is 14.3 Å². The van der Waals surface area contributed by atoms with Gasteiger partial charge in [0.15, 0.2) is 0 Å². The Balaban J connectivity index is 1.41. The summed E-state index contributed by atoms with van der Waals surface area (Å²) in [4.78, 5) is 18.6. The Morgan fingerprint density at radius 1 is 1.35 bits per heavy atom. The summed E-state index contributed by atoms with van der Waals surface area (Å²) in [6.45, 7) is 7.98. The van der Waals surface area contributed by atoms with Crippen LogP contribution in [0.1, 0.15) is 46.5 Å². The molecule has 2 heterocycles. The summed E-state index contributed by atoms with van der Waals surface area (Å²) in [5.74, 6) is 0.523. The monoisotopic (exact) mass is 376 g/mol. The number of carbonyl (C=O) groups is 1. The number of likely N-dealkylation sites (tertiary alicyclic amines) is 1. The van der Waals surface area contributed by atoms with Crippen molar-refractivity contribution in [3.8, 4) is 5.19 Å². The Labute approximate surface area is 159 Å². The fourth-order valence-corrected chi connectivity index (χ4v) is 4.08.